The van der Waals surface area contributed by atoms with E-state index in [-0.39, 0.29) is 5.97 Å². The monoisotopic (exact) mass is 263 g/mol. The zero-order valence-corrected chi connectivity index (χ0v) is 11.6. The molecule has 0 N–H and O–H groups in total. The van der Waals surface area contributed by atoms with Crippen molar-refractivity contribution in [1.29, 1.82) is 0 Å². The molecular formula is C15H21NO3. The molecule has 0 aliphatic carbocycles. The van der Waals surface area contributed by atoms with Crippen molar-refractivity contribution in [3.8, 4) is 5.75 Å². The molecule has 0 amide bonds. The second-order valence-electron chi connectivity index (χ2n) is 4.98. The fourth-order valence-corrected chi connectivity index (χ4v) is 2.32. The van der Waals surface area contributed by atoms with Gasteiger partial charge in [-0.05, 0) is 44.1 Å². The van der Waals surface area contributed by atoms with Crippen LogP contribution in [0.1, 0.15) is 18.4 Å². The average molecular weight is 263 g/mol. The minimum atomic E-state index is -0.221. The first-order valence-electron chi connectivity index (χ1n) is 6.68. The molecule has 0 radical (unpaired) electrons. The van der Waals surface area contributed by atoms with Crippen LogP contribution in [0.5, 0.6) is 5.75 Å². The van der Waals surface area contributed by atoms with Crippen molar-refractivity contribution in [3.63, 3.8) is 0 Å². The maximum absolute atomic E-state index is 11.1. The summed E-state index contributed by atoms with van der Waals surface area (Å²) in [5.74, 6) is 0.634. The Kier molecular flexibility index (Phi) is 4.80. The van der Waals surface area contributed by atoms with Crippen LogP contribution in [-0.2, 0) is 16.0 Å². The summed E-state index contributed by atoms with van der Waals surface area (Å²) < 4.78 is 10.4. The van der Waals surface area contributed by atoms with Gasteiger partial charge in [-0.25, -0.2) is 0 Å². The number of hydrogen-bond acceptors (Lipinski definition) is 4. The van der Waals surface area contributed by atoms with E-state index in [0.717, 1.165) is 24.5 Å². The third kappa shape index (κ3) is 3.96. The Bertz CT molecular complexity index is 416. The van der Waals surface area contributed by atoms with Gasteiger partial charge < -0.3 is 14.4 Å². The van der Waals surface area contributed by atoms with E-state index < -0.39 is 0 Å². The Balaban J connectivity index is 1.83. The van der Waals surface area contributed by atoms with Gasteiger partial charge in [-0.2, -0.15) is 0 Å². The fraction of sp³-hybridized carbons (Fsp3) is 0.533. The molecule has 1 aromatic carbocycles. The third-order valence-electron chi connectivity index (χ3n) is 3.61. The number of esters is 1. The summed E-state index contributed by atoms with van der Waals surface area (Å²) in [4.78, 5) is 13.5. The van der Waals surface area contributed by atoms with Gasteiger partial charge in [-0.15, -0.1) is 0 Å². The Morgan fingerprint density at radius 3 is 2.68 bits per heavy atom. The van der Waals surface area contributed by atoms with Crippen LogP contribution in [0.15, 0.2) is 24.3 Å². The van der Waals surface area contributed by atoms with Crippen molar-refractivity contribution in [2.24, 2.45) is 0 Å². The first-order chi connectivity index (χ1) is 9.19. The normalized spacial score (nSPS) is 19.4. The molecule has 1 heterocycles. The first-order valence-corrected chi connectivity index (χ1v) is 6.68. The van der Waals surface area contributed by atoms with Crippen LogP contribution in [0.4, 0.5) is 0 Å². The zero-order valence-electron chi connectivity index (χ0n) is 11.6. The number of carbonyl (C=O) groups excluding carboxylic acids is 1. The number of methoxy groups -OCH3 is 1. The molecule has 2 rings (SSSR count). The van der Waals surface area contributed by atoms with Crippen LogP contribution in [0.2, 0.25) is 0 Å². The molecule has 1 fully saturated rings. The molecule has 1 aliphatic heterocycles. The minimum Gasteiger partial charge on any atom is -0.492 e. The molecular weight excluding hydrogens is 242 g/mol. The predicted molar refractivity (Wildman–Crippen MR) is 73.3 cm³/mol. The number of likely N-dealkylation sites (N-methyl/N-ethyl adjacent to an activating group) is 1. The summed E-state index contributed by atoms with van der Waals surface area (Å²) in [6.45, 7) is 1.89. The topological polar surface area (TPSA) is 38.8 Å². The van der Waals surface area contributed by atoms with Gasteiger partial charge >= 0.3 is 5.97 Å². The predicted octanol–water partition coefficient (Wildman–Crippen LogP) is 1.88. The fourth-order valence-electron chi connectivity index (χ4n) is 2.32. The maximum atomic E-state index is 11.1. The van der Waals surface area contributed by atoms with Crippen molar-refractivity contribution < 1.29 is 14.3 Å². The second-order valence-corrected chi connectivity index (χ2v) is 4.98. The molecule has 0 spiro atoms. The van der Waals surface area contributed by atoms with Crippen LogP contribution in [-0.4, -0.2) is 44.2 Å². The van der Waals surface area contributed by atoms with E-state index in [1.54, 1.807) is 0 Å². The van der Waals surface area contributed by atoms with Crippen LogP contribution in [0, 0.1) is 0 Å². The number of nitrogens with zero attached hydrogens (tertiary/aromatic N) is 1. The number of rotatable bonds is 5. The molecule has 1 aromatic rings. The lowest BCUT2D eigenvalue weighted by Crippen LogP contribution is -2.30. The Labute approximate surface area is 114 Å². The zero-order chi connectivity index (χ0) is 13.7. The molecule has 0 saturated carbocycles. The molecule has 0 aromatic heterocycles. The molecule has 1 saturated heterocycles. The van der Waals surface area contributed by atoms with Crippen LogP contribution in [0.25, 0.3) is 0 Å². The highest BCUT2D eigenvalue weighted by Crippen LogP contribution is 2.18. The Morgan fingerprint density at radius 1 is 1.37 bits per heavy atom. The molecule has 1 unspecified atom stereocenters. The van der Waals surface area contributed by atoms with Gasteiger partial charge in [0.15, 0.2) is 0 Å². The highest BCUT2D eigenvalue weighted by Gasteiger charge is 2.21. The van der Waals surface area contributed by atoms with Gasteiger partial charge in [-0.1, -0.05) is 12.1 Å². The van der Waals surface area contributed by atoms with Crippen molar-refractivity contribution in [1.82, 2.24) is 4.90 Å². The van der Waals surface area contributed by atoms with E-state index in [1.165, 1.54) is 20.0 Å². The van der Waals surface area contributed by atoms with Gasteiger partial charge in [0.05, 0.1) is 13.5 Å². The Hall–Kier alpha value is -1.55. The second kappa shape index (κ2) is 6.57. The number of hydrogen-bond donors (Lipinski definition) is 0. The van der Waals surface area contributed by atoms with Gasteiger partial charge in [0.25, 0.3) is 0 Å². The number of carbonyl (C=O) groups is 1. The Morgan fingerprint density at radius 2 is 2.11 bits per heavy atom. The maximum Gasteiger partial charge on any atom is 0.309 e. The SMILES string of the molecule is COC(=O)Cc1ccc(OCC2CCCN2C)cc1. The summed E-state index contributed by atoms with van der Waals surface area (Å²) in [6.07, 6.45) is 2.77. The van der Waals surface area contributed by atoms with Gasteiger partial charge in [-0.3, -0.25) is 4.79 Å². The quantitative estimate of drug-likeness (QED) is 0.760. The highest BCUT2D eigenvalue weighted by atomic mass is 16.5. The van der Waals surface area contributed by atoms with Gasteiger partial charge in [0, 0.05) is 6.04 Å². The van der Waals surface area contributed by atoms with E-state index in [9.17, 15) is 4.79 Å². The van der Waals surface area contributed by atoms with Gasteiger partial charge in [0.1, 0.15) is 12.4 Å². The standard InChI is InChI=1S/C15H21NO3/c1-16-9-3-4-13(16)11-19-14-7-5-12(6-8-14)10-15(17)18-2/h5-8,13H,3-4,9-11H2,1-2H3. The summed E-state index contributed by atoms with van der Waals surface area (Å²) in [7, 11) is 3.54. The van der Waals surface area contributed by atoms with Crippen molar-refractivity contribution >= 4 is 5.97 Å². The van der Waals surface area contributed by atoms with E-state index >= 15 is 0 Å². The van der Waals surface area contributed by atoms with Crippen LogP contribution >= 0.6 is 0 Å². The first kappa shape index (κ1) is 13.9. The lowest BCUT2D eigenvalue weighted by Gasteiger charge is -2.19. The largest absolute Gasteiger partial charge is 0.492 e. The number of benzene rings is 1. The molecule has 1 aliphatic rings. The van der Waals surface area contributed by atoms with E-state index in [1.807, 2.05) is 24.3 Å². The lowest BCUT2D eigenvalue weighted by atomic mass is 10.1. The minimum absolute atomic E-state index is 0.221. The van der Waals surface area contributed by atoms with E-state index in [4.69, 9.17) is 4.74 Å². The smallest absolute Gasteiger partial charge is 0.309 e. The van der Waals surface area contributed by atoms with Crippen molar-refractivity contribution in [2.75, 3.05) is 27.3 Å². The highest BCUT2D eigenvalue weighted by molar-refractivity contribution is 5.72. The van der Waals surface area contributed by atoms with Crippen molar-refractivity contribution in [3.05, 3.63) is 29.8 Å². The van der Waals surface area contributed by atoms with E-state index in [0.29, 0.717) is 12.5 Å². The molecule has 19 heavy (non-hydrogen) atoms. The van der Waals surface area contributed by atoms with Crippen molar-refractivity contribution in [2.45, 2.75) is 25.3 Å². The summed E-state index contributed by atoms with van der Waals surface area (Å²) in [5, 5.41) is 0. The third-order valence-corrected chi connectivity index (χ3v) is 3.61. The number of ether oxygens (including phenoxy) is 2. The van der Waals surface area contributed by atoms with Crippen LogP contribution < -0.4 is 4.74 Å². The van der Waals surface area contributed by atoms with Crippen LogP contribution in [0.3, 0.4) is 0 Å². The lowest BCUT2D eigenvalue weighted by molar-refractivity contribution is -0.139. The average Bonchev–Trinajstić information content (AvgIpc) is 2.83. The van der Waals surface area contributed by atoms with E-state index in [2.05, 4.69) is 16.7 Å². The number of likely N-dealkylation sites (tertiary alicyclic amines) is 1. The molecule has 0 bridgehead atoms. The molecule has 4 heteroatoms. The summed E-state index contributed by atoms with van der Waals surface area (Å²) >= 11 is 0. The van der Waals surface area contributed by atoms with Gasteiger partial charge in [0.2, 0.25) is 0 Å². The summed E-state index contributed by atoms with van der Waals surface area (Å²) in [5.41, 5.74) is 0.942. The molecule has 1 atom stereocenters. The molecule has 104 valence electrons. The molecule has 4 nitrogen and oxygen atoms in total. The summed E-state index contributed by atoms with van der Waals surface area (Å²) in [6, 6.07) is 8.16.